The molecule has 3 aliphatic rings. The van der Waals surface area contributed by atoms with Crippen LogP contribution in [0.25, 0.3) is 0 Å². The van der Waals surface area contributed by atoms with Gasteiger partial charge in [0.25, 0.3) is 0 Å². The van der Waals surface area contributed by atoms with Crippen molar-refractivity contribution in [2.45, 2.75) is 96.8 Å². The Morgan fingerprint density at radius 2 is 1.70 bits per heavy atom. The summed E-state index contributed by atoms with van der Waals surface area (Å²) in [6.07, 6.45) is 10.5. The predicted octanol–water partition coefficient (Wildman–Crippen LogP) is 7.17. The molecule has 5 nitrogen and oxygen atoms in total. The van der Waals surface area contributed by atoms with Crippen LogP contribution in [0.2, 0.25) is 5.02 Å². The van der Waals surface area contributed by atoms with E-state index in [0.717, 1.165) is 37.5 Å². The van der Waals surface area contributed by atoms with Crippen LogP contribution in [0.4, 0.5) is 5.69 Å². The van der Waals surface area contributed by atoms with E-state index in [-0.39, 0.29) is 17.5 Å². The van der Waals surface area contributed by atoms with Crippen molar-refractivity contribution >= 4 is 23.2 Å². The molecule has 0 spiro atoms. The Kier molecular flexibility index (Phi) is 7.41. The summed E-state index contributed by atoms with van der Waals surface area (Å²) in [6.45, 7) is 14.1. The Bertz CT molecular complexity index is 1050. The van der Waals surface area contributed by atoms with Gasteiger partial charge in [-0.05, 0) is 88.5 Å². The zero-order chi connectivity index (χ0) is 26.4. The van der Waals surface area contributed by atoms with E-state index in [4.69, 9.17) is 16.0 Å². The second-order valence-electron chi connectivity index (χ2n) is 13.3. The minimum absolute atomic E-state index is 0.0142. The molecular weight excluding hydrogens is 482 g/mol. The van der Waals surface area contributed by atoms with Gasteiger partial charge in [-0.25, -0.2) is 0 Å². The van der Waals surface area contributed by atoms with Crippen LogP contribution < -0.4 is 4.90 Å². The molecule has 0 N–H and O–H groups in total. The van der Waals surface area contributed by atoms with Gasteiger partial charge in [0.05, 0.1) is 17.9 Å². The number of nitrogens with zero attached hydrogens (tertiary/aromatic N) is 3. The number of anilines is 1. The standard InChI is InChI=1S/C31H44ClN3O2/c1-30(2,3)34-18-13-27(28(34)22-6-8-23(32)9-7-22)29(36)33-17-12-25(20-33)35(26-14-19-37-21-26)24-10-15-31(4,5)16-11-24/h6-9,14,19,21,24-25,27-28H,10-13,15-18,20H2,1-5H3/t25-,27-,28?/m0/s1. The molecule has 0 bridgehead atoms. The van der Waals surface area contributed by atoms with Crippen molar-refractivity contribution in [2.24, 2.45) is 11.3 Å². The SMILES string of the molecule is CC1(C)CCC(N(c2ccoc2)[C@H]2CCN(C(=O)[C@H]3CCN(C(C)(C)C)C3c3ccc(Cl)cc3)C2)CC1. The summed E-state index contributed by atoms with van der Waals surface area (Å²) in [5, 5.41) is 0.736. The van der Waals surface area contributed by atoms with E-state index >= 15 is 0 Å². The first-order chi connectivity index (χ1) is 17.5. The number of carbonyl (C=O) groups excluding carboxylic acids is 1. The monoisotopic (exact) mass is 525 g/mol. The van der Waals surface area contributed by atoms with Crippen molar-refractivity contribution in [3.63, 3.8) is 0 Å². The summed E-state index contributed by atoms with van der Waals surface area (Å²) < 4.78 is 5.52. The molecule has 1 aliphatic carbocycles. The lowest BCUT2D eigenvalue weighted by atomic mass is 9.75. The van der Waals surface area contributed by atoms with Crippen LogP contribution in [0.3, 0.4) is 0 Å². The molecular formula is C31H44ClN3O2. The fourth-order valence-electron chi connectivity index (χ4n) is 7.07. The van der Waals surface area contributed by atoms with Crippen LogP contribution in [0, 0.1) is 11.3 Å². The first kappa shape index (κ1) is 26.6. The van der Waals surface area contributed by atoms with Crippen LogP contribution >= 0.6 is 11.6 Å². The number of hydrogen-bond acceptors (Lipinski definition) is 4. The molecule has 3 atom stereocenters. The summed E-state index contributed by atoms with van der Waals surface area (Å²) in [5.41, 5.74) is 2.77. The second kappa shape index (κ2) is 10.3. The molecule has 0 radical (unpaired) electrons. The molecule has 6 heteroatoms. The number of likely N-dealkylation sites (tertiary alicyclic amines) is 2. The molecule has 1 amide bonds. The van der Waals surface area contributed by atoms with Crippen molar-refractivity contribution in [2.75, 3.05) is 24.5 Å². The van der Waals surface area contributed by atoms with Crippen LogP contribution in [0.1, 0.15) is 84.7 Å². The Balaban J connectivity index is 1.34. The lowest BCUT2D eigenvalue weighted by Gasteiger charge is -2.43. The lowest BCUT2D eigenvalue weighted by molar-refractivity contribution is -0.135. The maximum Gasteiger partial charge on any atom is 0.227 e. The molecule has 1 unspecified atom stereocenters. The molecule has 3 fully saturated rings. The van der Waals surface area contributed by atoms with Gasteiger partial charge in [-0.2, -0.15) is 0 Å². The summed E-state index contributed by atoms with van der Waals surface area (Å²) >= 11 is 6.21. The van der Waals surface area contributed by atoms with E-state index in [2.05, 4.69) is 67.5 Å². The Labute approximate surface area is 228 Å². The van der Waals surface area contributed by atoms with Gasteiger partial charge in [0.1, 0.15) is 6.26 Å². The third-order valence-corrected chi connectivity index (χ3v) is 9.42. The normalized spacial score (nSPS) is 27.1. The van der Waals surface area contributed by atoms with Gasteiger partial charge in [-0.15, -0.1) is 0 Å². The van der Waals surface area contributed by atoms with Gasteiger partial charge >= 0.3 is 0 Å². The molecule has 37 heavy (non-hydrogen) atoms. The van der Waals surface area contributed by atoms with Crippen LogP contribution in [-0.4, -0.2) is 53.0 Å². The fraction of sp³-hybridized carbons (Fsp3) is 0.645. The van der Waals surface area contributed by atoms with Gasteiger partial charge in [0, 0.05) is 48.3 Å². The second-order valence-corrected chi connectivity index (χ2v) is 13.7. The molecule has 2 aromatic rings. The van der Waals surface area contributed by atoms with Crippen LogP contribution in [0.15, 0.2) is 47.3 Å². The zero-order valence-electron chi connectivity index (χ0n) is 23.3. The molecule has 2 saturated heterocycles. The smallest absolute Gasteiger partial charge is 0.227 e. The first-order valence-electron chi connectivity index (χ1n) is 14.1. The van der Waals surface area contributed by atoms with Crippen molar-refractivity contribution < 1.29 is 9.21 Å². The van der Waals surface area contributed by atoms with Crippen LogP contribution in [0.5, 0.6) is 0 Å². The first-order valence-corrected chi connectivity index (χ1v) is 14.5. The summed E-state index contributed by atoms with van der Waals surface area (Å²) in [4.78, 5) is 21.4. The minimum atomic E-state index is -0.0306. The van der Waals surface area contributed by atoms with E-state index < -0.39 is 0 Å². The third kappa shape index (κ3) is 5.59. The predicted molar refractivity (Wildman–Crippen MR) is 151 cm³/mol. The van der Waals surface area contributed by atoms with Crippen molar-refractivity contribution in [3.8, 4) is 0 Å². The van der Waals surface area contributed by atoms with Crippen LogP contribution in [-0.2, 0) is 4.79 Å². The van der Waals surface area contributed by atoms with Gasteiger partial charge in [0.15, 0.2) is 0 Å². The van der Waals surface area contributed by atoms with Crippen molar-refractivity contribution in [1.29, 1.82) is 0 Å². The Hall–Kier alpha value is -1.98. The van der Waals surface area contributed by atoms with E-state index in [0.29, 0.717) is 23.4 Å². The number of rotatable bonds is 5. The topological polar surface area (TPSA) is 39.9 Å². The maximum atomic E-state index is 14.1. The lowest BCUT2D eigenvalue weighted by Crippen LogP contribution is -2.48. The highest BCUT2D eigenvalue weighted by Gasteiger charge is 2.46. The third-order valence-electron chi connectivity index (χ3n) is 9.16. The number of carbonyl (C=O) groups is 1. The number of amides is 1. The van der Waals surface area contributed by atoms with Gasteiger partial charge in [-0.1, -0.05) is 37.6 Å². The average molecular weight is 526 g/mol. The highest BCUT2D eigenvalue weighted by atomic mass is 35.5. The van der Waals surface area contributed by atoms with Crippen molar-refractivity contribution in [3.05, 3.63) is 53.4 Å². The van der Waals surface area contributed by atoms with E-state index in [1.807, 2.05) is 18.4 Å². The molecule has 3 heterocycles. The maximum absolute atomic E-state index is 14.1. The van der Waals surface area contributed by atoms with Gasteiger partial charge in [0.2, 0.25) is 5.91 Å². The van der Waals surface area contributed by atoms with Gasteiger partial charge in [-0.3, -0.25) is 9.69 Å². The Morgan fingerprint density at radius 3 is 2.32 bits per heavy atom. The molecule has 202 valence electrons. The molecule has 5 rings (SSSR count). The minimum Gasteiger partial charge on any atom is -0.470 e. The average Bonchev–Trinajstić information content (AvgIpc) is 3.61. The largest absolute Gasteiger partial charge is 0.470 e. The highest BCUT2D eigenvalue weighted by Crippen LogP contribution is 2.44. The quantitative estimate of drug-likeness (QED) is 0.415. The number of hydrogen-bond donors (Lipinski definition) is 0. The number of halogens is 1. The molecule has 2 aliphatic heterocycles. The van der Waals surface area contributed by atoms with E-state index in [1.165, 1.54) is 36.9 Å². The number of benzene rings is 1. The molecule has 1 aromatic heterocycles. The molecule has 1 saturated carbocycles. The molecule has 1 aromatic carbocycles. The summed E-state index contributed by atoms with van der Waals surface area (Å²) in [6, 6.07) is 11.1. The van der Waals surface area contributed by atoms with E-state index in [9.17, 15) is 4.79 Å². The van der Waals surface area contributed by atoms with Gasteiger partial charge < -0.3 is 14.2 Å². The zero-order valence-corrected chi connectivity index (χ0v) is 24.0. The summed E-state index contributed by atoms with van der Waals surface area (Å²) in [5.74, 6) is 0.281. The fourth-order valence-corrected chi connectivity index (χ4v) is 7.19. The van der Waals surface area contributed by atoms with Crippen molar-refractivity contribution in [1.82, 2.24) is 9.80 Å². The Morgan fingerprint density at radius 1 is 1.00 bits per heavy atom. The summed E-state index contributed by atoms with van der Waals surface area (Å²) in [7, 11) is 0. The number of furan rings is 1. The highest BCUT2D eigenvalue weighted by molar-refractivity contribution is 6.30. The van der Waals surface area contributed by atoms with E-state index in [1.54, 1.807) is 6.26 Å².